The van der Waals surface area contributed by atoms with Gasteiger partial charge in [-0.3, -0.25) is 4.90 Å². The lowest BCUT2D eigenvalue weighted by Crippen LogP contribution is -2.51. The monoisotopic (exact) mass is 255 g/mol. The average molecular weight is 255 g/mol. The van der Waals surface area contributed by atoms with E-state index < -0.39 is 5.60 Å². The number of hydrogen-bond donors (Lipinski definition) is 1. The molecule has 2 rings (SSSR count). The van der Waals surface area contributed by atoms with Crippen molar-refractivity contribution in [2.45, 2.75) is 25.9 Å². The van der Waals surface area contributed by atoms with Crippen LogP contribution in [0.5, 0.6) is 0 Å². The van der Waals surface area contributed by atoms with Gasteiger partial charge in [0, 0.05) is 44.3 Å². The van der Waals surface area contributed by atoms with Crippen molar-refractivity contribution in [3.05, 3.63) is 11.6 Å². The summed E-state index contributed by atoms with van der Waals surface area (Å²) < 4.78 is 0. The zero-order chi connectivity index (χ0) is 12.3. The van der Waals surface area contributed by atoms with E-state index in [1.807, 2.05) is 25.4 Å². The van der Waals surface area contributed by atoms with Gasteiger partial charge in [0.1, 0.15) is 0 Å². The maximum absolute atomic E-state index is 10.1. The van der Waals surface area contributed by atoms with Crippen LogP contribution < -0.4 is 4.90 Å². The van der Waals surface area contributed by atoms with E-state index in [1.165, 1.54) is 0 Å². The average Bonchev–Trinajstić information content (AvgIpc) is 2.83. The van der Waals surface area contributed by atoms with Crippen molar-refractivity contribution in [2.24, 2.45) is 0 Å². The van der Waals surface area contributed by atoms with E-state index in [0.29, 0.717) is 0 Å². The third-order valence-corrected chi connectivity index (χ3v) is 4.22. The van der Waals surface area contributed by atoms with Gasteiger partial charge < -0.3 is 10.0 Å². The van der Waals surface area contributed by atoms with Crippen molar-refractivity contribution in [1.29, 1.82) is 0 Å². The van der Waals surface area contributed by atoms with E-state index in [4.69, 9.17) is 0 Å². The van der Waals surface area contributed by atoms with Gasteiger partial charge in [-0.05, 0) is 13.3 Å². The second-order valence-electron chi connectivity index (χ2n) is 4.93. The Morgan fingerprint density at radius 1 is 1.41 bits per heavy atom. The van der Waals surface area contributed by atoms with Gasteiger partial charge in [0.05, 0.1) is 5.60 Å². The van der Waals surface area contributed by atoms with E-state index in [0.717, 1.165) is 44.3 Å². The molecule has 1 saturated heterocycles. The molecule has 1 aromatic heterocycles. The summed E-state index contributed by atoms with van der Waals surface area (Å²) in [4.78, 5) is 8.99. The van der Waals surface area contributed by atoms with Crippen molar-refractivity contribution in [3.63, 3.8) is 0 Å². The van der Waals surface area contributed by atoms with E-state index in [1.54, 1.807) is 11.3 Å². The maximum Gasteiger partial charge on any atom is 0.185 e. The number of nitrogens with zero attached hydrogens (tertiary/aromatic N) is 3. The first-order chi connectivity index (χ1) is 8.11. The summed E-state index contributed by atoms with van der Waals surface area (Å²) >= 11 is 1.70. The summed E-state index contributed by atoms with van der Waals surface area (Å²) in [6.45, 7) is 8.76. The quantitative estimate of drug-likeness (QED) is 0.883. The van der Waals surface area contributed by atoms with Crippen LogP contribution in [0.3, 0.4) is 0 Å². The molecule has 1 N–H and O–H groups in total. The smallest absolute Gasteiger partial charge is 0.185 e. The molecule has 4 nitrogen and oxygen atoms in total. The Hall–Kier alpha value is -0.650. The van der Waals surface area contributed by atoms with Crippen LogP contribution in [-0.4, -0.2) is 53.3 Å². The van der Waals surface area contributed by atoms with Crippen LogP contribution in [0.15, 0.2) is 11.6 Å². The highest BCUT2D eigenvalue weighted by molar-refractivity contribution is 7.13. The molecular formula is C12H21N3OS. The molecule has 1 fully saturated rings. The number of rotatable bonds is 4. The Bertz CT molecular complexity index is 332. The molecular weight excluding hydrogens is 234 g/mol. The van der Waals surface area contributed by atoms with Gasteiger partial charge in [0.25, 0.3) is 0 Å². The van der Waals surface area contributed by atoms with Gasteiger partial charge >= 0.3 is 0 Å². The van der Waals surface area contributed by atoms with Gasteiger partial charge in [0.2, 0.25) is 0 Å². The molecule has 5 heteroatoms. The summed E-state index contributed by atoms with van der Waals surface area (Å²) in [7, 11) is 0. The minimum atomic E-state index is -0.552. The predicted molar refractivity (Wildman–Crippen MR) is 71.7 cm³/mol. The second kappa shape index (κ2) is 5.33. The molecule has 0 aromatic carbocycles. The molecule has 0 spiro atoms. The Morgan fingerprint density at radius 3 is 2.65 bits per heavy atom. The van der Waals surface area contributed by atoms with Gasteiger partial charge in [-0.2, -0.15) is 0 Å². The van der Waals surface area contributed by atoms with Crippen LogP contribution in [0.25, 0.3) is 0 Å². The Morgan fingerprint density at radius 2 is 2.12 bits per heavy atom. The summed E-state index contributed by atoms with van der Waals surface area (Å²) in [6, 6.07) is 0. The first kappa shape index (κ1) is 12.8. The predicted octanol–water partition coefficient (Wildman–Crippen LogP) is 1.43. The molecule has 0 saturated carbocycles. The molecule has 17 heavy (non-hydrogen) atoms. The molecule has 2 heterocycles. The van der Waals surface area contributed by atoms with Crippen LogP contribution in [0.1, 0.15) is 20.3 Å². The van der Waals surface area contributed by atoms with E-state index >= 15 is 0 Å². The fraction of sp³-hybridized carbons (Fsp3) is 0.750. The topological polar surface area (TPSA) is 39.6 Å². The standard InChI is InChI=1S/C12H21N3OS/c1-3-12(2,16)10-14-5-7-15(8-6-14)11-13-4-9-17-11/h4,9,16H,3,5-8,10H2,1-2H3/t12-/m1/s1. The van der Waals surface area contributed by atoms with Crippen LogP contribution in [0.2, 0.25) is 0 Å². The van der Waals surface area contributed by atoms with E-state index in [-0.39, 0.29) is 0 Å². The summed E-state index contributed by atoms with van der Waals surface area (Å²) in [5, 5.41) is 13.2. The minimum Gasteiger partial charge on any atom is -0.389 e. The maximum atomic E-state index is 10.1. The number of anilines is 1. The van der Waals surface area contributed by atoms with Crippen LogP contribution >= 0.6 is 11.3 Å². The molecule has 1 atom stereocenters. The van der Waals surface area contributed by atoms with Crippen LogP contribution in [-0.2, 0) is 0 Å². The number of thiazole rings is 1. The molecule has 96 valence electrons. The number of β-amino-alcohol motifs (C(OH)–C–C–N with tert-alkyl or cyclic N) is 1. The largest absolute Gasteiger partial charge is 0.389 e. The highest BCUT2D eigenvalue weighted by atomic mass is 32.1. The van der Waals surface area contributed by atoms with Crippen molar-refractivity contribution in [1.82, 2.24) is 9.88 Å². The number of aliphatic hydroxyl groups is 1. The van der Waals surface area contributed by atoms with E-state index in [2.05, 4.69) is 14.8 Å². The molecule has 1 aliphatic rings. The second-order valence-corrected chi connectivity index (χ2v) is 5.80. The lowest BCUT2D eigenvalue weighted by molar-refractivity contribution is 0.0149. The van der Waals surface area contributed by atoms with Crippen LogP contribution in [0, 0.1) is 0 Å². The lowest BCUT2D eigenvalue weighted by atomic mass is 10.0. The minimum absolute atomic E-state index is 0.552. The summed E-state index contributed by atoms with van der Waals surface area (Å²) in [5.74, 6) is 0. The Labute approximate surface area is 107 Å². The molecule has 1 aliphatic heterocycles. The van der Waals surface area contributed by atoms with E-state index in [9.17, 15) is 5.11 Å². The molecule has 0 bridgehead atoms. The molecule has 1 aromatic rings. The lowest BCUT2D eigenvalue weighted by Gasteiger charge is -2.37. The SMILES string of the molecule is CC[C@@](C)(O)CN1CCN(c2nccs2)CC1. The first-order valence-corrected chi connectivity index (χ1v) is 7.08. The number of piperazine rings is 1. The van der Waals surface area contributed by atoms with Crippen molar-refractivity contribution < 1.29 is 5.11 Å². The van der Waals surface area contributed by atoms with Crippen molar-refractivity contribution in [2.75, 3.05) is 37.6 Å². The number of hydrogen-bond acceptors (Lipinski definition) is 5. The fourth-order valence-corrected chi connectivity index (χ4v) is 2.76. The summed E-state index contributed by atoms with van der Waals surface area (Å²) in [5.41, 5.74) is -0.552. The van der Waals surface area contributed by atoms with Crippen LogP contribution in [0.4, 0.5) is 5.13 Å². The third-order valence-electron chi connectivity index (χ3n) is 3.39. The highest BCUT2D eigenvalue weighted by Crippen LogP contribution is 2.20. The number of aromatic nitrogens is 1. The Kier molecular flexibility index (Phi) is 4.01. The zero-order valence-corrected chi connectivity index (χ0v) is 11.4. The van der Waals surface area contributed by atoms with Crippen molar-refractivity contribution >= 4 is 16.5 Å². The first-order valence-electron chi connectivity index (χ1n) is 6.20. The van der Waals surface area contributed by atoms with Crippen molar-refractivity contribution in [3.8, 4) is 0 Å². The molecule has 0 aliphatic carbocycles. The normalized spacial score (nSPS) is 21.5. The fourth-order valence-electron chi connectivity index (χ4n) is 2.06. The van der Waals surface area contributed by atoms with Gasteiger partial charge in [0.15, 0.2) is 5.13 Å². The van der Waals surface area contributed by atoms with Gasteiger partial charge in [-0.25, -0.2) is 4.98 Å². The Balaban J connectivity index is 1.82. The highest BCUT2D eigenvalue weighted by Gasteiger charge is 2.25. The molecule has 0 radical (unpaired) electrons. The van der Waals surface area contributed by atoms with Gasteiger partial charge in [-0.15, -0.1) is 11.3 Å². The van der Waals surface area contributed by atoms with Gasteiger partial charge in [-0.1, -0.05) is 6.92 Å². The molecule has 0 amide bonds. The molecule has 0 unspecified atom stereocenters. The third kappa shape index (κ3) is 3.40. The zero-order valence-electron chi connectivity index (χ0n) is 10.6. The summed E-state index contributed by atoms with van der Waals surface area (Å²) in [6.07, 6.45) is 2.66.